The minimum atomic E-state index is -3.61. The Balaban J connectivity index is 2.35. The summed E-state index contributed by atoms with van der Waals surface area (Å²) in [7, 11) is -2.11. The lowest BCUT2D eigenvalue weighted by molar-refractivity contribution is 0.413. The van der Waals surface area contributed by atoms with Gasteiger partial charge in [0.15, 0.2) is 0 Å². The van der Waals surface area contributed by atoms with Crippen molar-refractivity contribution in [2.45, 2.75) is 18.7 Å². The molecule has 1 N–H and O–H groups in total. The first kappa shape index (κ1) is 14.4. The lowest BCUT2D eigenvalue weighted by atomic mass is 10.1. The van der Waals surface area contributed by atoms with E-state index in [1.54, 1.807) is 24.3 Å². The molecule has 20 heavy (non-hydrogen) atoms. The Labute approximate surface area is 119 Å². The molecule has 0 saturated heterocycles. The van der Waals surface area contributed by atoms with Crippen molar-refractivity contribution < 1.29 is 13.2 Å². The molecule has 0 spiro atoms. The maximum Gasteiger partial charge on any atom is 0.262 e. The third kappa shape index (κ3) is 3.30. The van der Waals surface area contributed by atoms with Gasteiger partial charge in [-0.2, -0.15) is 0 Å². The Morgan fingerprint density at radius 1 is 1.00 bits per heavy atom. The number of methoxy groups -OCH3 is 1. The normalized spacial score (nSPS) is 11.2. The highest BCUT2D eigenvalue weighted by atomic mass is 32.2. The van der Waals surface area contributed by atoms with Gasteiger partial charge in [0.1, 0.15) is 5.75 Å². The van der Waals surface area contributed by atoms with E-state index in [9.17, 15) is 8.42 Å². The van der Waals surface area contributed by atoms with Gasteiger partial charge in [0.05, 0.1) is 12.0 Å². The van der Waals surface area contributed by atoms with Crippen molar-refractivity contribution in [1.29, 1.82) is 0 Å². The van der Waals surface area contributed by atoms with Crippen molar-refractivity contribution in [2.75, 3.05) is 11.8 Å². The van der Waals surface area contributed by atoms with Gasteiger partial charge in [0.2, 0.25) is 0 Å². The highest BCUT2D eigenvalue weighted by molar-refractivity contribution is 7.92. The molecule has 0 saturated carbocycles. The van der Waals surface area contributed by atoms with Crippen LogP contribution in [0.4, 0.5) is 5.69 Å². The third-order valence-corrected chi connectivity index (χ3v) is 4.20. The molecule has 0 amide bonds. The van der Waals surface area contributed by atoms with Gasteiger partial charge in [-0.05, 0) is 49.2 Å². The zero-order chi connectivity index (χ0) is 14.8. The predicted octanol–water partition coefficient (Wildman–Crippen LogP) is 3.11. The molecular formula is C15H17NO3S. The summed E-state index contributed by atoms with van der Waals surface area (Å²) in [6.07, 6.45) is 0. The molecule has 0 unspecified atom stereocenters. The van der Waals surface area contributed by atoms with Crippen LogP contribution in [0.5, 0.6) is 5.75 Å². The van der Waals surface area contributed by atoms with Gasteiger partial charge in [-0.15, -0.1) is 0 Å². The van der Waals surface area contributed by atoms with Crippen LogP contribution in [0.15, 0.2) is 47.4 Å². The van der Waals surface area contributed by atoms with Gasteiger partial charge >= 0.3 is 0 Å². The van der Waals surface area contributed by atoms with Gasteiger partial charge in [0.25, 0.3) is 10.0 Å². The fourth-order valence-electron chi connectivity index (χ4n) is 2.02. The Bertz CT molecular complexity index is 703. The van der Waals surface area contributed by atoms with Crippen LogP contribution in [0.2, 0.25) is 0 Å². The molecule has 106 valence electrons. The number of sulfonamides is 1. The molecule has 5 heteroatoms. The number of rotatable bonds is 4. The van der Waals surface area contributed by atoms with Crippen LogP contribution < -0.4 is 9.46 Å². The summed E-state index contributed by atoms with van der Waals surface area (Å²) in [6.45, 7) is 3.85. The number of anilines is 1. The zero-order valence-electron chi connectivity index (χ0n) is 11.7. The minimum absolute atomic E-state index is 0.177. The molecule has 4 nitrogen and oxygen atoms in total. The number of hydrogen-bond donors (Lipinski definition) is 1. The van der Waals surface area contributed by atoms with Crippen molar-refractivity contribution in [3.63, 3.8) is 0 Å². The first-order chi connectivity index (χ1) is 9.40. The SMILES string of the molecule is COc1cccc(S(=O)(=O)Nc2cc(C)cc(C)c2)c1. The Kier molecular flexibility index (Phi) is 3.99. The Morgan fingerprint density at radius 2 is 1.65 bits per heavy atom. The van der Waals surface area contributed by atoms with Crippen LogP contribution in [-0.4, -0.2) is 15.5 Å². The van der Waals surface area contributed by atoms with Crippen LogP contribution >= 0.6 is 0 Å². The second-order valence-electron chi connectivity index (χ2n) is 4.66. The topological polar surface area (TPSA) is 55.4 Å². The summed E-state index contributed by atoms with van der Waals surface area (Å²) in [4.78, 5) is 0.177. The van der Waals surface area contributed by atoms with E-state index in [0.717, 1.165) is 11.1 Å². The molecule has 0 radical (unpaired) electrons. The van der Waals surface area contributed by atoms with E-state index < -0.39 is 10.0 Å². The van der Waals surface area contributed by atoms with E-state index in [0.29, 0.717) is 11.4 Å². The molecule has 2 aromatic rings. The van der Waals surface area contributed by atoms with Gasteiger partial charge in [-0.25, -0.2) is 8.42 Å². The largest absolute Gasteiger partial charge is 0.497 e. The van der Waals surface area contributed by atoms with Crippen molar-refractivity contribution in [2.24, 2.45) is 0 Å². The van der Waals surface area contributed by atoms with Crippen LogP contribution in [0.3, 0.4) is 0 Å². The van der Waals surface area contributed by atoms with E-state index in [2.05, 4.69) is 4.72 Å². The molecular weight excluding hydrogens is 274 g/mol. The summed E-state index contributed by atoms with van der Waals surface area (Å²) < 4.78 is 32.3. The van der Waals surface area contributed by atoms with Crippen LogP contribution in [0.1, 0.15) is 11.1 Å². The smallest absolute Gasteiger partial charge is 0.262 e. The molecule has 0 aliphatic heterocycles. The molecule has 0 heterocycles. The molecule has 0 bridgehead atoms. The van der Waals surface area contributed by atoms with E-state index in [-0.39, 0.29) is 4.90 Å². The fourth-order valence-corrected chi connectivity index (χ4v) is 3.09. The van der Waals surface area contributed by atoms with E-state index >= 15 is 0 Å². The highest BCUT2D eigenvalue weighted by Crippen LogP contribution is 2.21. The van der Waals surface area contributed by atoms with E-state index in [1.807, 2.05) is 19.9 Å². The lowest BCUT2D eigenvalue weighted by Crippen LogP contribution is -2.13. The number of ether oxygens (including phenoxy) is 1. The molecule has 0 atom stereocenters. The maximum absolute atomic E-state index is 12.3. The first-order valence-electron chi connectivity index (χ1n) is 6.16. The van der Waals surface area contributed by atoms with Gasteiger partial charge < -0.3 is 4.74 Å². The molecule has 0 aliphatic rings. The average molecular weight is 291 g/mol. The van der Waals surface area contributed by atoms with Crippen molar-refractivity contribution in [1.82, 2.24) is 0 Å². The summed E-state index contributed by atoms with van der Waals surface area (Å²) in [5, 5.41) is 0. The second kappa shape index (κ2) is 5.54. The molecule has 0 aromatic heterocycles. The average Bonchev–Trinajstić information content (AvgIpc) is 2.37. The van der Waals surface area contributed by atoms with E-state index in [1.165, 1.54) is 19.2 Å². The van der Waals surface area contributed by atoms with Crippen molar-refractivity contribution in [3.8, 4) is 5.75 Å². The molecule has 2 aromatic carbocycles. The van der Waals surface area contributed by atoms with Gasteiger partial charge in [-0.3, -0.25) is 4.72 Å². The standard InChI is InChI=1S/C15H17NO3S/c1-11-7-12(2)9-13(8-11)16-20(17,18)15-6-4-5-14(10-15)19-3/h4-10,16H,1-3H3. The van der Waals surface area contributed by atoms with Crippen LogP contribution in [-0.2, 0) is 10.0 Å². The number of aryl methyl sites for hydroxylation is 2. The van der Waals surface area contributed by atoms with Gasteiger partial charge in [0, 0.05) is 11.8 Å². The molecule has 0 aliphatic carbocycles. The number of benzene rings is 2. The second-order valence-corrected chi connectivity index (χ2v) is 6.34. The Hall–Kier alpha value is -2.01. The predicted molar refractivity (Wildman–Crippen MR) is 79.7 cm³/mol. The Morgan fingerprint density at radius 3 is 2.25 bits per heavy atom. The summed E-state index contributed by atoms with van der Waals surface area (Å²) in [5.74, 6) is 0.508. The summed E-state index contributed by atoms with van der Waals surface area (Å²) in [6, 6.07) is 12.0. The van der Waals surface area contributed by atoms with Crippen LogP contribution in [0, 0.1) is 13.8 Å². The van der Waals surface area contributed by atoms with Gasteiger partial charge in [-0.1, -0.05) is 12.1 Å². The highest BCUT2D eigenvalue weighted by Gasteiger charge is 2.15. The molecule has 0 fully saturated rings. The quantitative estimate of drug-likeness (QED) is 0.941. The van der Waals surface area contributed by atoms with Crippen molar-refractivity contribution >= 4 is 15.7 Å². The monoisotopic (exact) mass is 291 g/mol. The fraction of sp³-hybridized carbons (Fsp3) is 0.200. The number of hydrogen-bond acceptors (Lipinski definition) is 3. The summed E-state index contributed by atoms with van der Waals surface area (Å²) in [5.41, 5.74) is 2.58. The summed E-state index contributed by atoms with van der Waals surface area (Å²) >= 11 is 0. The van der Waals surface area contributed by atoms with E-state index in [4.69, 9.17) is 4.74 Å². The first-order valence-corrected chi connectivity index (χ1v) is 7.64. The maximum atomic E-state index is 12.3. The zero-order valence-corrected chi connectivity index (χ0v) is 12.5. The lowest BCUT2D eigenvalue weighted by Gasteiger charge is -2.10. The third-order valence-electron chi connectivity index (χ3n) is 2.83. The minimum Gasteiger partial charge on any atom is -0.497 e. The van der Waals surface area contributed by atoms with Crippen LogP contribution in [0.25, 0.3) is 0 Å². The van der Waals surface area contributed by atoms with Crippen molar-refractivity contribution in [3.05, 3.63) is 53.6 Å². The molecule has 2 rings (SSSR count). The number of nitrogens with one attached hydrogen (secondary N) is 1.